The molecule has 7 nitrogen and oxygen atoms in total. The summed E-state index contributed by atoms with van der Waals surface area (Å²) in [6, 6.07) is 15.4. The van der Waals surface area contributed by atoms with Gasteiger partial charge in [-0.3, -0.25) is 19.3 Å². The summed E-state index contributed by atoms with van der Waals surface area (Å²) in [4.78, 5) is 39.9. The fraction of sp³-hybridized carbons (Fsp3) is 0.217. The van der Waals surface area contributed by atoms with E-state index in [1.54, 1.807) is 24.3 Å². The number of carbonyl (C=O) groups excluding carboxylic acids is 3. The van der Waals surface area contributed by atoms with Crippen LogP contribution in [0.3, 0.4) is 0 Å². The lowest BCUT2D eigenvalue weighted by atomic mass is 9.85. The normalized spacial score (nSPS) is 28.5. The van der Waals surface area contributed by atoms with Crippen molar-refractivity contribution >= 4 is 29.5 Å². The Bertz CT molecular complexity index is 1150. The van der Waals surface area contributed by atoms with E-state index in [-0.39, 0.29) is 17.9 Å². The zero-order chi connectivity index (χ0) is 21.0. The van der Waals surface area contributed by atoms with Gasteiger partial charge in [0.15, 0.2) is 6.04 Å². The van der Waals surface area contributed by atoms with Crippen LogP contribution in [0.5, 0.6) is 5.75 Å². The standard InChI is InChI=1S/C23H17N3O4/c1-13(27)30-16-8-6-15(7-9-16)26-22(28)19-18(12-24)25-11-10-14-4-2-3-5-17(14)21(25)20(19)23(26)29/h2-11,18-21H,1H3/p+1/t18-,19+,20+,21+/m0/s1. The number of imide groups is 1. The summed E-state index contributed by atoms with van der Waals surface area (Å²) in [7, 11) is 0. The molecule has 0 spiro atoms. The molecule has 1 unspecified atom stereocenters. The van der Waals surface area contributed by atoms with Gasteiger partial charge in [0.05, 0.1) is 11.9 Å². The van der Waals surface area contributed by atoms with Crippen LogP contribution in [0.25, 0.3) is 6.08 Å². The lowest BCUT2D eigenvalue weighted by molar-refractivity contribution is -0.885. The van der Waals surface area contributed by atoms with Crippen LogP contribution in [0, 0.1) is 23.2 Å². The molecule has 0 bridgehead atoms. The van der Waals surface area contributed by atoms with Crippen LogP contribution in [-0.2, 0) is 14.4 Å². The van der Waals surface area contributed by atoms with Crippen molar-refractivity contribution in [1.29, 1.82) is 5.26 Å². The summed E-state index contributed by atoms with van der Waals surface area (Å²) in [6.07, 6.45) is 3.85. The number of carbonyl (C=O) groups is 3. The molecule has 0 saturated carbocycles. The van der Waals surface area contributed by atoms with Crippen molar-refractivity contribution in [1.82, 2.24) is 0 Å². The quantitative estimate of drug-likeness (QED) is 0.465. The number of anilines is 1. The number of esters is 1. The maximum absolute atomic E-state index is 13.5. The van der Waals surface area contributed by atoms with Crippen molar-refractivity contribution in [2.75, 3.05) is 4.90 Å². The molecule has 2 fully saturated rings. The van der Waals surface area contributed by atoms with E-state index in [0.29, 0.717) is 11.4 Å². The van der Waals surface area contributed by atoms with Gasteiger partial charge in [-0.15, -0.1) is 0 Å². The first-order valence-electron chi connectivity index (χ1n) is 9.71. The molecule has 2 aromatic rings. The van der Waals surface area contributed by atoms with Gasteiger partial charge in [0.2, 0.25) is 11.8 Å². The van der Waals surface area contributed by atoms with Crippen LogP contribution in [-0.4, -0.2) is 23.8 Å². The van der Waals surface area contributed by atoms with Gasteiger partial charge >= 0.3 is 5.97 Å². The van der Waals surface area contributed by atoms with Gasteiger partial charge in [0, 0.05) is 12.5 Å². The number of nitriles is 1. The number of nitrogens with one attached hydrogen (secondary N) is 1. The van der Waals surface area contributed by atoms with E-state index in [1.165, 1.54) is 11.8 Å². The number of benzene rings is 2. The molecule has 2 aromatic carbocycles. The molecular weight excluding hydrogens is 382 g/mol. The van der Waals surface area contributed by atoms with Crippen LogP contribution >= 0.6 is 0 Å². The van der Waals surface area contributed by atoms with Gasteiger partial charge in [-0.2, -0.15) is 5.26 Å². The summed E-state index contributed by atoms with van der Waals surface area (Å²) in [5.41, 5.74) is 2.40. The van der Waals surface area contributed by atoms with Crippen LogP contribution in [0.2, 0.25) is 0 Å². The zero-order valence-corrected chi connectivity index (χ0v) is 16.1. The fourth-order valence-electron chi connectivity index (χ4n) is 4.97. The summed E-state index contributed by atoms with van der Waals surface area (Å²) < 4.78 is 5.02. The molecule has 3 aliphatic heterocycles. The molecule has 30 heavy (non-hydrogen) atoms. The maximum atomic E-state index is 13.5. The molecule has 3 heterocycles. The first-order chi connectivity index (χ1) is 14.5. The monoisotopic (exact) mass is 400 g/mol. The second-order valence-corrected chi connectivity index (χ2v) is 7.70. The van der Waals surface area contributed by atoms with Crippen LogP contribution in [0.15, 0.2) is 54.7 Å². The highest BCUT2D eigenvalue weighted by molar-refractivity contribution is 6.22. The summed E-state index contributed by atoms with van der Waals surface area (Å²) in [5, 5.41) is 9.85. The van der Waals surface area contributed by atoms with Crippen LogP contribution < -0.4 is 14.5 Å². The van der Waals surface area contributed by atoms with Crippen molar-refractivity contribution in [2.24, 2.45) is 11.8 Å². The Balaban J connectivity index is 1.54. The molecule has 0 radical (unpaired) electrons. The number of amides is 2. The van der Waals surface area contributed by atoms with Gasteiger partial charge in [0.1, 0.15) is 29.7 Å². The third-order valence-corrected chi connectivity index (χ3v) is 6.12. The molecule has 5 rings (SSSR count). The zero-order valence-electron chi connectivity index (χ0n) is 16.1. The van der Waals surface area contributed by atoms with E-state index in [2.05, 4.69) is 6.07 Å². The first kappa shape index (κ1) is 18.3. The molecule has 0 aliphatic carbocycles. The number of hydrogen-bond acceptors (Lipinski definition) is 5. The number of hydrogen-bond donors (Lipinski definition) is 1. The SMILES string of the molecule is CC(=O)Oc1ccc(N2C(=O)[C@@H]3[C@H](C2=O)[C@H](C#N)[NH+]2C=Cc4ccccc4[C@H]32)cc1. The van der Waals surface area contributed by atoms with E-state index in [9.17, 15) is 19.6 Å². The Hall–Kier alpha value is -3.76. The van der Waals surface area contributed by atoms with E-state index >= 15 is 0 Å². The highest BCUT2D eigenvalue weighted by atomic mass is 16.5. The topological polar surface area (TPSA) is 91.9 Å². The third-order valence-electron chi connectivity index (χ3n) is 6.12. The molecule has 7 heteroatoms. The highest BCUT2D eigenvalue weighted by Crippen LogP contribution is 2.44. The van der Waals surface area contributed by atoms with Gasteiger partial charge < -0.3 is 4.74 Å². The van der Waals surface area contributed by atoms with Gasteiger partial charge in [-0.05, 0) is 35.9 Å². The maximum Gasteiger partial charge on any atom is 0.308 e. The lowest BCUT2D eigenvalue weighted by Gasteiger charge is -2.28. The van der Waals surface area contributed by atoms with Crippen molar-refractivity contribution in [3.05, 3.63) is 65.9 Å². The van der Waals surface area contributed by atoms with E-state index in [4.69, 9.17) is 4.74 Å². The second kappa shape index (κ2) is 6.65. The number of nitrogens with zero attached hydrogens (tertiary/aromatic N) is 2. The van der Waals surface area contributed by atoms with E-state index in [0.717, 1.165) is 16.0 Å². The Morgan fingerprint density at radius 2 is 1.77 bits per heavy atom. The Morgan fingerprint density at radius 1 is 1.07 bits per heavy atom. The van der Waals surface area contributed by atoms with Crippen molar-refractivity contribution in [3.63, 3.8) is 0 Å². The summed E-state index contributed by atoms with van der Waals surface area (Å²) >= 11 is 0. The third kappa shape index (κ3) is 2.51. The number of ether oxygens (including phenoxy) is 1. The van der Waals surface area contributed by atoms with Gasteiger partial charge in [0.25, 0.3) is 0 Å². The van der Waals surface area contributed by atoms with Crippen molar-refractivity contribution < 1.29 is 24.0 Å². The molecule has 0 aromatic heterocycles. The molecular formula is C23H18N3O4+. The average Bonchev–Trinajstić information content (AvgIpc) is 3.21. The predicted molar refractivity (Wildman–Crippen MR) is 106 cm³/mol. The Morgan fingerprint density at radius 3 is 2.47 bits per heavy atom. The minimum Gasteiger partial charge on any atom is -0.427 e. The summed E-state index contributed by atoms with van der Waals surface area (Å²) in [6.45, 7) is 1.30. The molecule has 1 N–H and O–H groups in total. The van der Waals surface area contributed by atoms with E-state index in [1.807, 2.05) is 36.5 Å². The molecule has 148 valence electrons. The second-order valence-electron chi connectivity index (χ2n) is 7.70. The van der Waals surface area contributed by atoms with Crippen LogP contribution in [0.4, 0.5) is 5.69 Å². The first-order valence-corrected chi connectivity index (χ1v) is 9.71. The molecule has 2 saturated heterocycles. The lowest BCUT2D eigenvalue weighted by Crippen LogP contribution is -3.10. The van der Waals surface area contributed by atoms with E-state index < -0.39 is 23.8 Å². The number of quaternary nitrogens is 1. The molecule has 2 amide bonds. The summed E-state index contributed by atoms with van der Waals surface area (Å²) in [5.74, 6) is -2.07. The molecule has 5 atom stereocenters. The smallest absolute Gasteiger partial charge is 0.308 e. The van der Waals surface area contributed by atoms with Crippen molar-refractivity contribution in [3.8, 4) is 11.8 Å². The Labute approximate surface area is 172 Å². The average molecular weight is 400 g/mol. The molecule has 3 aliphatic rings. The largest absolute Gasteiger partial charge is 0.427 e. The highest BCUT2D eigenvalue weighted by Gasteiger charge is 2.66. The van der Waals surface area contributed by atoms with Gasteiger partial charge in [-0.1, -0.05) is 24.3 Å². The fourth-order valence-corrected chi connectivity index (χ4v) is 4.97. The minimum atomic E-state index is -0.702. The van der Waals surface area contributed by atoms with Crippen LogP contribution in [0.1, 0.15) is 24.1 Å². The van der Waals surface area contributed by atoms with Crippen molar-refractivity contribution in [2.45, 2.75) is 19.0 Å². The number of fused-ring (bicyclic) bond motifs is 5. The Kier molecular flexibility index (Phi) is 4.05. The number of rotatable bonds is 2. The minimum absolute atomic E-state index is 0.275. The predicted octanol–water partition coefficient (Wildman–Crippen LogP) is 1.23. The van der Waals surface area contributed by atoms with Gasteiger partial charge in [-0.25, -0.2) is 4.90 Å².